The highest BCUT2D eigenvalue weighted by molar-refractivity contribution is 5.87. The number of carboxylic acid groups (broad SMARTS) is 1. The fraction of sp³-hybridized carbons (Fsp3) is 0.235. The SMILES string of the molecule is CC(c1ccc(O)cc1)N(C)Cc1ccc(C(=O)O)cc1. The number of phenols is 1. The summed E-state index contributed by atoms with van der Waals surface area (Å²) in [5, 5.41) is 18.2. The maximum absolute atomic E-state index is 10.8. The van der Waals surface area contributed by atoms with Crippen molar-refractivity contribution in [2.75, 3.05) is 7.05 Å². The lowest BCUT2D eigenvalue weighted by molar-refractivity contribution is 0.0697. The first kappa shape index (κ1) is 15.1. The third kappa shape index (κ3) is 3.83. The number of hydrogen-bond acceptors (Lipinski definition) is 3. The minimum Gasteiger partial charge on any atom is -0.508 e. The fourth-order valence-electron chi connectivity index (χ4n) is 2.18. The molecule has 0 radical (unpaired) electrons. The molecule has 0 spiro atoms. The molecule has 0 saturated carbocycles. The zero-order valence-electron chi connectivity index (χ0n) is 12.2. The molecule has 1 unspecified atom stereocenters. The Balaban J connectivity index is 2.04. The van der Waals surface area contributed by atoms with Crippen molar-refractivity contribution in [1.82, 2.24) is 4.90 Å². The molecule has 2 aromatic rings. The van der Waals surface area contributed by atoms with E-state index in [2.05, 4.69) is 11.8 Å². The smallest absolute Gasteiger partial charge is 0.335 e. The molecule has 2 aromatic carbocycles. The van der Waals surface area contributed by atoms with Gasteiger partial charge < -0.3 is 10.2 Å². The Labute approximate surface area is 124 Å². The largest absolute Gasteiger partial charge is 0.508 e. The number of carbonyl (C=O) groups is 1. The van der Waals surface area contributed by atoms with E-state index in [1.54, 1.807) is 24.3 Å². The first-order chi connectivity index (χ1) is 9.97. The van der Waals surface area contributed by atoms with Gasteiger partial charge in [-0.2, -0.15) is 0 Å². The van der Waals surface area contributed by atoms with Crippen LogP contribution in [0.5, 0.6) is 5.75 Å². The summed E-state index contributed by atoms with van der Waals surface area (Å²) in [6.07, 6.45) is 0. The molecule has 0 saturated heterocycles. The van der Waals surface area contributed by atoms with Crippen LogP contribution in [0.4, 0.5) is 0 Å². The first-order valence-corrected chi connectivity index (χ1v) is 6.79. The number of carboxylic acids is 1. The van der Waals surface area contributed by atoms with E-state index in [0.29, 0.717) is 5.56 Å². The van der Waals surface area contributed by atoms with Gasteiger partial charge >= 0.3 is 5.97 Å². The average molecular weight is 285 g/mol. The van der Waals surface area contributed by atoms with Crippen LogP contribution in [0, 0.1) is 0 Å². The quantitative estimate of drug-likeness (QED) is 0.885. The minimum absolute atomic E-state index is 0.199. The number of phenolic OH excluding ortho intramolecular Hbond substituents is 1. The van der Waals surface area contributed by atoms with Crippen LogP contribution in [0.2, 0.25) is 0 Å². The van der Waals surface area contributed by atoms with Crippen LogP contribution >= 0.6 is 0 Å². The second-order valence-corrected chi connectivity index (χ2v) is 5.18. The Morgan fingerprint density at radius 2 is 1.67 bits per heavy atom. The lowest BCUT2D eigenvalue weighted by Gasteiger charge is -2.25. The number of rotatable bonds is 5. The summed E-state index contributed by atoms with van der Waals surface area (Å²) in [6, 6.07) is 14.3. The van der Waals surface area contributed by atoms with E-state index >= 15 is 0 Å². The van der Waals surface area contributed by atoms with E-state index < -0.39 is 5.97 Å². The Kier molecular flexibility index (Phi) is 4.60. The lowest BCUT2D eigenvalue weighted by atomic mass is 10.1. The first-order valence-electron chi connectivity index (χ1n) is 6.79. The van der Waals surface area contributed by atoms with Crippen molar-refractivity contribution in [3.8, 4) is 5.75 Å². The Bertz CT molecular complexity index is 605. The molecule has 0 fully saturated rings. The molecule has 0 aliphatic rings. The zero-order valence-corrected chi connectivity index (χ0v) is 12.2. The molecule has 4 heteroatoms. The van der Waals surface area contributed by atoms with E-state index in [1.165, 1.54) is 0 Å². The number of aromatic hydroxyl groups is 1. The van der Waals surface area contributed by atoms with Gasteiger partial charge in [0.25, 0.3) is 0 Å². The second-order valence-electron chi connectivity index (χ2n) is 5.18. The summed E-state index contributed by atoms with van der Waals surface area (Å²) in [4.78, 5) is 13.0. The van der Waals surface area contributed by atoms with Crippen LogP contribution in [0.1, 0.15) is 34.5 Å². The summed E-state index contributed by atoms with van der Waals surface area (Å²) in [5.74, 6) is -0.648. The molecule has 2 rings (SSSR count). The molecule has 2 N–H and O–H groups in total. The normalized spacial score (nSPS) is 12.3. The molecule has 110 valence electrons. The standard InChI is InChI=1S/C17H19NO3/c1-12(14-7-9-16(19)10-8-14)18(2)11-13-3-5-15(6-4-13)17(20)21/h3-10,12,19H,11H2,1-2H3,(H,20,21). The highest BCUT2D eigenvalue weighted by Crippen LogP contribution is 2.22. The zero-order chi connectivity index (χ0) is 15.4. The van der Waals surface area contributed by atoms with Gasteiger partial charge in [-0.3, -0.25) is 4.90 Å². The van der Waals surface area contributed by atoms with Crippen molar-refractivity contribution in [1.29, 1.82) is 0 Å². The van der Waals surface area contributed by atoms with Crippen LogP contribution in [-0.4, -0.2) is 28.1 Å². The van der Waals surface area contributed by atoms with Crippen LogP contribution in [0.25, 0.3) is 0 Å². The molecule has 0 amide bonds. The maximum atomic E-state index is 10.8. The fourth-order valence-corrected chi connectivity index (χ4v) is 2.18. The van der Waals surface area contributed by atoms with E-state index in [-0.39, 0.29) is 11.8 Å². The van der Waals surface area contributed by atoms with Gasteiger partial charge in [-0.1, -0.05) is 24.3 Å². The highest BCUT2D eigenvalue weighted by atomic mass is 16.4. The molecule has 0 heterocycles. The number of benzene rings is 2. The van der Waals surface area contributed by atoms with Gasteiger partial charge in [0.1, 0.15) is 5.75 Å². The average Bonchev–Trinajstić information content (AvgIpc) is 2.47. The Morgan fingerprint density at radius 1 is 1.10 bits per heavy atom. The van der Waals surface area contributed by atoms with Gasteiger partial charge in [0.2, 0.25) is 0 Å². The summed E-state index contributed by atoms with van der Waals surface area (Å²) < 4.78 is 0. The van der Waals surface area contributed by atoms with Crippen LogP contribution in [-0.2, 0) is 6.54 Å². The predicted octanol–water partition coefficient (Wildman–Crippen LogP) is 3.28. The van der Waals surface area contributed by atoms with Crippen molar-refractivity contribution >= 4 is 5.97 Å². The summed E-state index contributed by atoms with van der Waals surface area (Å²) in [7, 11) is 2.02. The second kappa shape index (κ2) is 6.41. The van der Waals surface area contributed by atoms with Crippen LogP contribution in [0.3, 0.4) is 0 Å². The number of hydrogen-bond donors (Lipinski definition) is 2. The molecule has 21 heavy (non-hydrogen) atoms. The highest BCUT2D eigenvalue weighted by Gasteiger charge is 2.12. The van der Waals surface area contributed by atoms with Crippen molar-refractivity contribution in [2.45, 2.75) is 19.5 Å². The van der Waals surface area contributed by atoms with E-state index in [0.717, 1.165) is 17.7 Å². The topological polar surface area (TPSA) is 60.8 Å². The number of aromatic carboxylic acids is 1. The molecule has 0 bridgehead atoms. The van der Waals surface area contributed by atoms with Gasteiger partial charge in [0.05, 0.1) is 5.56 Å². The van der Waals surface area contributed by atoms with E-state index in [1.807, 2.05) is 31.3 Å². The Hall–Kier alpha value is -2.33. The summed E-state index contributed by atoms with van der Waals surface area (Å²) >= 11 is 0. The third-order valence-corrected chi connectivity index (χ3v) is 3.67. The van der Waals surface area contributed by atoms with Gasteiger partial charge in [0, 0.05) is 12.6 Å². The molecular weight excluding hydrogens is 266 g/mol. The van der Waals surface area contributed by atoms with Crippen LogP contribution < -0.4 is 0 Å². The number of nitrogens with zero attached hydrogens (tertiary/aromatic N) is 1. The van der Waals surface area contributed by atoms with E-state index in [9.17, 15) is 9.90 Å². The molecule has 0 aliphatic carbocycles. The summed E-state index contributed by atoms with van der Waals surface area (Å²) in [6.45, 7) is 2.82. The predicted molar refractivity (Wildman–Crippen MR) is 81.4 cm³/mol. The Morgan fingerprint density at radius 3 is 2.19 bits per heavy atom. The van der Waals surface area contributed by atoms with Crippen molar-refractivity contribution in [2.24, 2.45) is 0 Å². The third-order valence-electron chi connectivity index (χ3n) is 3.67. The molecule has 1 atom stereocenters. The van der Waals surface area contributed by atoms with Gasteiger partial charge in [-0.25, -0.2) is 4.79 Å². The van der Waals surface area contributed by atoms with Crippen molar-refractivity contribution < 1.29 is 15.0 Å². The minimum atomic E-state index is -0.910. The van der Waals surface area contributed by atoms with Crippen molar-refractivity contribution in [3.05, 3.63) is 65.2 Å². The van der Waals surface area contributed by atoms with Crippen molar-refractivity contribution in [3.63, 3.8) is 0 Å². The lowest BCUT2D eigenvalue weighted by Crippen LogP contribution is -2.21. The summed E-state index contributed by atoms with van der Waals surface area (Å²) in [5.41, 5.74) is 2.48. The molecule has 0 aliphatic heterocycles. The van der Waals surface area contributed by atoms with E-state index in [4.69, 9.17) is 5.11 Å². The van der Waals surface area contributed by atoms with Gasteiger partial charge in [0.15, 0.2) is 0 Å². The molecule has 0 aromatic heterocycles. The monoisotopic (exact) mass is 285 g/mol. The van der Waals surface area contributed by atoms with Gasteiger partial charge in [-0.05, 0) is 49.4 Å². The van der Waals surface area contributed by atoms with Crippen LogP contribution in [0.15, 0.2) is 48.5 Å². The molecular formula is C17H19NO3. The van der Waals surface area contributed by atoms with Gasteiger partial charge in [-0.15, -0.1) is 0 Å². The molecule has 4 nitrogen and oxygen atoms in total. The maximum Gasteiger partial charge on any atom is 0.335 e.